The molecule has 2 aromatic heterocycles. The van der Waals surface area contributed by atoms with E-state index in [4.69, 9.17) is 0 Å². The normalized spacial score (nSPS) is 11.8. The first-order chi connectivity index (χ1) is 25.8. The molecule has 0 aliphatic rings. The monoisotopic (exact) mass is 660 g/mol. The molecule has 0 unspecified atom stereocenters. The molecular weight excluding hydrogens is 629 g/mol. The van der Waals surface area contributed by atoms with Gasteiger partial charge in [-0.25, -0.2) is 0 Å². The maximum atomic E-state index is 2.46. The van der Waals surface area contributed by atoms with E-state index in [1.54, 1.807) is 0 Å². The van der Waals surface area contributed by atoms with Gasteiger partial charge >= 0.3 is 0 Å². The van der Waals surface area contributed by atoms with Gasteiger partial charge in [0, 0.05) is 32.6 Å². The summed E-state index contributed by atoms with van der Waals surface area (Å²) < 4.78 is 4.87. The SMILES string of the molecule is c1ccc(-c2cccc(-n3c4ccccc4c4cc(-c5ccc6c(c5)c5ccccc5n6-c5cc6ccccc6c6ccccc56)ccc43)c2)cc1. The maximum absolute atomic E-state index is 2.46. The fraction of sp³-hybridized carbons (Fsp3) is 0. The average molecular weight is 661 g/mol. The summed E-state index contributed by atoms with van der Waals surface area (Å²) in [6, 6.07) is 71.0. The number of aromatic nitrogens is 2. The largest absolute Gasteiger partial charge is 0.309 e. The molecule has 0 bridgehead atoms. The van der Waals surface area contributed by atoms with Crippen LogP contribution < -0.4 is 0 Å². The summed E-state index contributed by atoms with van der Waals surface area (Å²) in [6.45, 7) is 0. The van der Waals surface area contributed by atoms with Crippen molar-refractivity contribution in [1.29, 1.82) is 0 Å². The Bertz CT molecular complexity index is 3180. The summed E-state index contributed by atoms with van der Waals surface area (Å²) in [6.07, 6.45) is 0. The third-order valence-corrected chi connectivity index (χ3v) is 10.9. The number of benzene rings is 9. The molecule has 0 N–H and O–H groups in total. The van der Waals surface area contributed by atoms with Gasteiger partial charge in [-0.2, -0.15) is 0 Å². The van der Waals surface area contributed by atoms with Crippen molar-refractivity contribution in [1.82, 2.24) is 9.13 Å². The fourth-order valence-electron chi connectivity index (χ4n) is 8.52. The van der Waals surface area contributed by atoms with Gasteiger partial charge in [-0.3, -0.25) is 0 Å². The molecule has 0 radical (unpaired) electrons. The van der Waals surface area contributed by atoms with E-state index in [1.165, 1.54) is 93.1 Å². The molecule has 2 heteroatoms. The fourth-order valence-corrected chi connectivity index (χ4v) is 8.52. The lowest BCUT2D eigenvalue weighted by molar-refractivity contribution is 1.18. The topological polar surface area (TPSA) is 9.86 Å². The summed E-state index contributed by atoms with van der Waals surface area (Å²) >= 11 is 0. The number of fused-ring (bicyclic) bond motifs is 9. The Morgan fingerprint density at radius 2 is 0.750 bits per heavy atom. The zero-order chi connectivity index (χ0) is 34.2. The summed E-state index contributed by atoms with van der Waals surface area (Å²) in [5, 5.41) is 10.1. The number of hydrogen-bond donors (Lipinski definition) is 0. The molecule has 9 aromatic carbocycles. The smallest absolute Gasteiger partial charge is 0.0546 e. The molecule has 2 heterocycles. The molecule has 0 saturated carbocycles. The van der Waals surface area contributed by atoms with Crippen molar-refractivity contribution in [2.75, 3.05) is 0 Å². The van der Waals surface area contributed by atoms with Crippen LogP contribution in [0.5, 0.6) is 0 Å². The lowest BCUT2D eigenvalue weighted by atomic mass is 9.99. The first kappa shape index (κ1) is 28.9. The number of nitrogens with zero attached hydrogens (tertiary/aromatic N) is 2. The van der Waals surface area contributed by atoms with Gasteiger partial charge in [0.05, 0.1) is 27.8 Å². The summed E-state index contributed by atoms with van der Waals surface area (Å²) in [5.41, 5.74) is 12.1. The number of hydrogen-bond acceptors (Lipinski definition) is 0. The van der Waals surface area contributed by atoms with E-state index in [9.17, 15) is 0 Å². The van der Waals surface area contributed by atoms with Crippen LogP contribution in [0.25, 0.3) is 98.8 Å². The number of rotatable bonds is 4. The summed E-state index contributed by atoms with van der Waals surface area (Å²) in [7, 11) is 0. The van der Waals surface area contributed by atoms with Crippen LogP contribution in [0, 0.1) is 0 Å². The highest BCUT2D eigenvalue weighted by Gasteiger charge is 2.18. The highest BCUT2D eigenvalue weighted by molar-refractivity contribution is 6.16. The molecule has 11 aromatic rings. The van der Waals surface area contributed by atoms with E-state index in [0.717, 1.165) is 5.69 Å². The van der Waals surface area contributed by atoms with Crippen LogP contribution in [0.3, 0.4) is 0 Å². The lowest BCUT2D eigenvalue weighted by Crippen LogP contribution is -1.96. The van der Waals surface area contributed by atoms with Gasteiger partial charge in [-0.15, -0.1) is 0 Å². The van der Waals surface area contributed by atoms with Crippen molar-refractivity contribution in [2.24, 2.45) is 0 Å². The predicted molar refractivity (Wildman–Crippen MR) is 221 cm³/mol. The Kier molecular flexibility index (Phi) is 6.28. The number of para-hydroxylation sites is 2. The minimum atomic E-state index is 1.16. The second-order valence-electron chi connectivity index (χ2n) is 13.7. The van der Waals surface area contributed by atoms with Gasteiger partial charge < -0.3 is 9.13 Å². The van der Waals surface area contributed by atoms with E-state index in [2.05, 4.69) is 203 Å². The first-order valence-electron chi connectivity index (χ1n) is 17.9. The van der Waals surface area contributed by atoms with Crippen LogP contribution in [-0.2, 0) is 0 Å². The Hall–Kier alpha value is -6.90. The molecule has 0 aliphatic carbocycles. The summed E-state index contributed by atoms with van der Waals surface area (Å²) in [5.74, 6) is 0. The maximum Gasteiger partial charge on any atom is 0.0546 e. The molecule has 0 aliphatic heterocycles. The highest BCUT2D eigenvalue weighted by atomic mass is 15.0. The third kappa shape index (κ3) is 4.31. The average Bonchev–Trinajstić information content (AvgIpc) is 3.73. The Morgan fingerprint density at radius 1 is 0.250 bits per heavy atom. The van der Waals surface area contributed by atoms with Crippen molar-refractivity contribution < 1.29 is 0 Å². The molecule has 11 rings (SSSR count). The van der Waals surface area contributed by atoms with E-state index >= 15 is 0 Å². The van der Waals surface area contributed by atoms with Crippen molar-refractivity contribution in [3.8, 4) is 33.6 Å². The molecule has 242 valence electrons. The van der Waals surface area contributed by atoms with Gasteiger partial charge in [0.2, 0.25) is 0 Å². The van der Waals surface area contributed by atoms with E-state index in [-0.39, 0.29) is 0 Å². The van der Waals surface area contributed by atoms with E-state index < -0.39 is 0 Å². The quantitative estimate of drug-likeness (QED) is 0.166. The standard InChI is InChI=1S/C50H32N2/c1-2-13-33(14-3-1)34-16-12-17-38(29-34)51-46-23-10-8-21-42(46)44-30-35(25-27-48(44)51)36-26-28-49-45(31-36)43-22-9-11-24-47(43)52(49)50-32-37-15-4-5-18-39(37)40-19-6-7-20-41(40)50/h1-32H. The Labute approximate surface area is 301 Å². The van der Waals surface area contributed by atoms with Gasteiger partial charge in [-0.1, -0.05) is 140 Å². The van der Waals surface area contributed by atoms with Crippen LogP contribution in [0.4, 0.5) is 0 Å². The van der Waals surface area contributed by atoms with Crippen LogP contribution in [-0.4, -0.2) is 9.13 Å². The van der Waals surface area contributed by atoms with E-state index in [0.29, 0.717) is 0 Å². The molecule has 0 spiro atoms. The molecule has 0 atom stereocenters. The highest BCUT2D eigenvalue weighted by Crippen LogP contribution is 2.40. The molecular formula is C50H32N2. The van der Waals surface area contributed by atoms with Crippen LogP contribution in [0.1, 0.15) is 0 Å². The van der Waals surface area contributed by atoms with Crippen LogP contribution >= 0.6 is 0 Å². The van der Waals surface area contributed by atoms with Crippen LogP contribution in [0.2, 0.25) is 0 Å². The van der Waals surface area contributed by atoms with Gasteiger partial charge in [0.15, 0.2) is 0 Å². The zero-order valence-corrected chi connectivity index (χ0v) is 28.4. The minimum absolute atomic E-state index is 1.16. The van der Waals surface area contributed by atoms with Crippen molar-refractivity contribution in [3.05, 3.63) is 194 Å². The van der Waals surface area contributed by atoms with Gasteiger partial charge in [0.25, 0.3) is 0 Å². The minimum Gasteiger partial charge on any atom is -0.309 e. The molecule has 52 heavy (non-hydrogen) atoms. The first-order valence-corrected chi connectivity index (χ1v) is 17.9. The second-order valence-corrected chi connectivity index (χ2v) is 13.7. The molecule has 0 fully saturated rings. The van der Waals surface area contributed by atoms with Gasteiger partial charge in [0.1, 0.15) is 0 Å². The third-order valence-electron chi connectivity index (χ3n) is 10.9. The van der Waals surface area contributed by atoms with Crippen LogP contribution in [0.15, 0.2) is 194 Å². The Morgan fingerprint density at radius 3 is 1.46 bits per heavy atom. The zero-order valence-electron chi connectivity index (χ0n) is 28.4. The lowest BCUT2D eigenvalue weighted by Gasteiger charge is -2.14. The van der Waals surface area contributed by atoms with Crippen molar-refractivity contribution in [2.45, 2.75) is 0 Å². The van der Waals surface area contributed by atoms with Gasteiger partial charge in [-0.05, 0) is 93.0 Å². The second kappa shape index (κ2) is 11.3. The molecule has 0 saturated heterocycles. The molecule has 2 nitrogen and oxygen atoms in total. The predicted octanol–water partition coefficient (Wildman–Crippen LogP) is 13.5. The summed E-state index contributed by atoms with van der Waals surface area (Å²) in [4.78, 5) is 0. The van der Waals surface area contributed by atoms with Crippen molar-refractivity contribution >= 4 is 65.2 Å². The van der Waals surface area contributed by atoms with Crippen molar-refractivity contribution in [3.63, 3.8) is 0 Å². The van der Waals surface area contributed by atoms with E-state index in [1.807, 2.05) is 0 Å². The Balaban J connectivity index is 1.10. The molecule has 0 amide bonds.